The van der Waals surface area contributed by atoms with E-state index in [9.17, 15) is 4.79 Å². The summed E-state index contributed by atoms with van der Waals surface area (Å²) in [5.41, 5.74) is 0.560. The molecule has 2 unspecified atom stereocenters. The number of pyridine rings is 1. The van der Waals surface area contributed by atoms with Gasteiger partial charge in [-0.15, -0.1) is 0 Å². The monoisotopic (exact) mass is 231 g/mol. The van der Waals surface area contributed by atoms with Gasteiger partial charge in [-0.25, -0.2) is 4.98 Å². The highest BCUT2D eigenvalue weighted by Crippen LogP contribution is 2.37. The molecule has 1 aliphatic carbocycles. The maximum Gasteiger partial charge on any atom is 0.272 e. The molecule has 0 aromatic carbocycles. The van der Waals surface area contributed by atoms with Crippen LogP contribution >= 0.6 is 0 Å². The van der Waals surface area contributed by atoms with Crippen LogP contribution in [0.4, 0.5) is 5.82 Å². The smallest absolute Gasteiger partial charge is 0.272 e. The van der Waals surface area contributed by atoms with Gasteiger partial charge in [-0.05, 0) is 37.3 Å². The SMILES string of the molecule is CNc1cccc(C(=O)N2CC3CCC2C3)n1. The Hall–Kier alpha value is -1.58. The van der Waals surface area contributed by atoms with Crippen molar-refractivity contribution in [3.63, 3.8) is 0 Å². The number of carbonyl (C=O) groups is 1. The van der Waals surface area contributed by atoms with Crippen molar-refractivity contribution in [2.75, 3.05) is 18.9 Å². The van der Waals surface area contributed by atoms with E-state index in [1.54, 1.807) is 6.07 Å². The quantitative estimate of drug-likeness (QED) is 0.843. The zero-order valence-electron chi connectivity index (χ0n) is 10.0. The lowest BCUT2D eigenvalue weighted by Crippen LogP contribution is -2.38. The predicted octanol–water partition coefficient (Wildman–Crippen LogP) is 1.75. The Morgan fingerprint density at radius 3 is 3.00 bits per heavy atom. The molecule has 0 radical (unpaired) electrons. The zero-order valence-corrected chi connectivity index (χ0v) is 10.0. The van der Waals surface area contributed by atoms with Gasteiger partial charge >= 0.3 is 0 Å². The van der Waals surface area contributed by atoms with Gasteiger partial charge in [0, 0.05) is 19.6 Å². The topological polar surface area (TPSA) is 45.2 Å². The molecule has 2 aliphatic rings. The Morgan fingerprint density at radius 1 is 1.47 bits per heavy atom. The Balaban J connectivity index is 1.81. The minimum Gasteiger partial charge on any atom is -0.373 e. The molecule has 1 aromatic heterocycles. The number of nitrogens with zero attached hydrogens (tertiary/aromatic N) is 2. The Morgan fingerprint density at radius 2 is 2.35 bits per heavy atom. The molecule has 90 valence electrons. The molecule has 1 N–H and O–H groups in total. The van der Waals surface area contributed by atoms with E-state index in [0.717, 1.165) is 18.3 Å². The lowest BCUT2D eigenvalue weighted by molar-refractivity contribution is 0.0698. The number of likely N-dealkylation sites (tertiary alicyclic amines) is 1. The highest BCUT2D eigenvalue weighted by atomic mass is 16.2. The van der Waals surface area contributed by atoms with Crippen LogP contribution in [0, 0.1) is 5.92 Å². The van der Waals surface area contributed by atoms with Gasteiger partial charge in [0.1, 0.15) is 11.5 Å². The number of rotatable bonds is 2. The maximum atomic E-state index is 12.3. The number of fused-ring (bicyclic) bond motifs is 2. The molecule has 2 bridgehead atoms. The van der Waals surface area contributed by atoms with E-state index < -0.39 is 0 Å². The van der Waals surface area contributed by atoms with Crippen LogP contribution in [0.15, 0.2) is 18.2 Å². The summed E-state index contributed by atoms with van der Waals surface area (Å²) in [5, 5.41) is 2.96. The summed E-state index contributed by atoms with van der Waals surface area (Å²) in [6, 6.07) is 6.01. The molecule has 17 heavy (non-hydrogen) atoms. The average Bonchev–Trinajstić information content (AvgIpc) is 3.00. The van der Waals surface area contributed by atoms with Crippen LogP contribution in [-0.2, 0) is 0 Å². The molecular formula is C13H17N3O. The molecule has 2 heterocycles. The van der Waals surface area contributed by atoms with Gasteiger partial charge in [0.15, 0.2) is 0 Å². The number of hydrogen-bond acceptors (Lipinski definition) is 3. The standard InChI is InChI=1S/C13H17N3O/c1-14-12-4-2-3-11(15-12)13(17)16-8-9-5-6-10(16)7-9/h2-4,9-10H,5-8H2,1H3,(H,14,15). The lowest BCUT2D eigenvalue weighted by atomic mass is 10.1. The summed E-state index contributed by atoms with van der Waals surface area (Å²) in [4.78, 5) is 18.7. The number of aromatic nitrogens is 1. The van der Waals surface area contributed by atoms with Crippen molar-refractivity contribution in [3.8, 4) is 0 Å². The average molecular weight is 231 g/mol. The number of nitrogens with one attached hydrogen (secondary N) is 1. The molecule has 2 atom stereocenters. The first-order valence-corrected chi connectivity index (χ1v) is 6.23. The number of amides is 1. The molecule has 0 spiro atoms. The normalized spacial score (nSPS) is 26.3. The summed E-state index contributed by atoms with van der Waals surface area (Å²) in [6.45, 7) is 0.926. The van der Waals surface area contributed by atoms with E-state index in [0.29, 0.717) is 11.7 Å². The molecule has 1 aromatic rings. The fourth-order valence-electron chi connectivity index (χ4n) is 3.01. The summed E-state index contributed by atoms with van der Waals surface area (Å²) in [5.74, 6) is 1.57. The molecule has 3 rings (SSSR count). The third-order valence-electron chi connectivity index (χ3n) is 3.89. The second kappa shape index (κ2) is 4.02. The Bertz CT molecular complexity index is 446. The number of carbonyl (C=O) groups excluding carboxylic acids is 1. The largest absolute Gasteiger partial charge is 0.373 e. The van der Waals surface area contributed by atoms with E-state index in [1.165, 1.54) is 19.3 Å². The summed E-state index contributed by atoms with van der Waals surface area (Å²) in [7, 11) is 1.81. The van der Waals surface area contributed by atoms with Crippen LogP contribution in [0.1, 0.15) is 29.8 Å². The van der Waals surface area contributed by atoms with Gasteiger partial charge < -0.3 is 10.2 Å². The van der Waals surface area contributed by atoms with Gasteiger partial charge in [0.05, 0.1) is 0 Å². The second-order valence-electron chi connectivity index (χ2n) is 4.95. The summed E-state index contributed by atoms with van der Waals surface area (Å²) >= 11 is 0. The highest BCUT2D eigenvalue weighted by Gasteiger charge is 2.40. The Labute approximate surface area is 101 Å². The van der Waals surface area contributed by atoms with Crippen LogP contribution in [-0.4, -0.2) is 35.4 Å². The molecule has 1 aliphatic heterocycles. The van der Waals surface area contributed by atoms with E-state index in [-0.39, 0.29) is 5.91 Å². The van der Waals surface area contributed by atoms with Crippen molar-refractivity contribution in [1.29, 1.82) is 0 Å². The van der Waals surface area contributed by atoms with Crippen molar-refractivity contribution < 1.29 is 4.79 Å². The first-order valence-electron chi connectivity index (χ1n) is 6.23. The Kier molecular flexibility index (Phi) is 2.50. The molecule has 1 amide bonds. The lowest BCUT2D eigenvalue weighted by Gasteiger charge is -2.26. The van der Waals surface area contributed by atoms with Crippen LogP contribution in [0.25, 0.3) is 0 Å². The van der Waals surface area contributed by atoms with Gasteiger partial charge in [0.25, 0.3) is 5.91 Å². The van der Waals surface area contributed by atoms with Gasteiger partial charge in [0.2, 0.25) is 0 Å². The second-order valence-corrected chi connectivity index (χ2v) is 4.95. The van der Waals surface area contributed by atoms with Crippen molar-refractivity contribution in [2.24, 2.45) is 5.92 Å². The number of anilines is 1. The van der Waals surface area contributed by atoms with Gasteiger partial charge in [-0.1, -0.05) is 6.07 Å². The van der Waals surface area contributed by atoms with E-state index in [1.807, 2.05) is 24.1 Å². The van der Waals surface area contributed by atoms with E-state index in [2.05, 4.69) is 10.3 Å². The minimum atomic E-state index is 0.0919. The molecule has 1 saturated carbocycles. The summed E-state index contributed by atoms with van der Waals surface area (Å²) < 4.78 is 0. The van der Waals surface area contributed by atoms with Crippen LogP contribution in [0.3, 0.4) is 0 Å². The molecule has 1 saturated heterocycles. The van der Waals surface area contributed by atoms with Crippen LogP contribution in [0.5, 0.6) is 0 Å². The summed E-state index contributed by atoms with van der Waals surface area (Å²) in [6.07, 6.45) is 3.65. The first-order chi connectivity index (χ1) is 8.28. The van der Waals surface area contributed by atoms with Crippen molar-refractivity contribution in [2.45, 2.75) is 25.3 Å². The third kappa shape index (κ3) is 1.77. The number of piperidine rings is 1. The maximum absolute atomic E-state index is 12.3. The van der Waals surface area contributed by atoms with Gasteiger partial charge in [-0.2, -0.15) is 0 Å². The van der Waals surface area contributed by atoms with E-state index >= 15 is 0 Å². The van der Waals surface area contributed by atoms with Gasteiger partial charge in [-0.3, -0.25) is 4.79 Å². The zero-order chi connectivity index (χ0) is 11.8. The van der Waals surface area contributed by atoms with Crippen molar-refractivity contribution in [3.05, 3.63) is 23.9 Å². The van der Waals surface area contributed by atoms with Crippen LogP contribution < -0.4 is 5.32 Å². The highest BCUT2D eigenvalue weighted by molar-refractivity contribution is 5.93. The number of hydrogen-bond donors (Lipinski definition) is 1. The molecule has 4 heteroatoms. The van der Waals surface area contributed by atoms with Crippen LogP contribution in [0.2, 0.25) is 0 Å². The van der Waals surface area contributed by atoms with E-state index in [4.69, 9.17) is 0 Å². The van der Waals surface area contributed by atoms with Crippen molar-refractivity contribution in [1.82, 2.24) is 9.88 Å². The molecular weight excluding hydrogens is 214 g/mol. The fraction of sp³-hybridized carbons (Fsp3) is 0.538. The van der Waals surface area contributed by atoms with Crippen molar-refractivity contribution >= 4 is 11.7 Å². The molecule has 4 nitrogen and oxygen atoms in total. The molecule has 2 fully saturated rings. The first kappa shape index (κ1) is 10.6. The minimum absolute atomic E-state index is 0.0919. The third-order valence-corrected chi connectivity index (χ3v) is 3.89. The fourth-order valence-corrected chi connectivity index (χ4v) is 3.01. The predicted molar refractivity (Wildman–Crippen MR) is 65.9 cm³/mol.